The summed E-state index contributed by atoms with van der Waals surface area (Å²) in [6, 6.07) is 10.1. The summed E-state index contributed by atoms with van der Waals surface area (Å²) in [5, 5.41) is 7.53. The first kappa shape index (κ1) is 13.8. The van der Waals surface area contributed by atoms with Gasteiger partial charge in [0.05, 0.1) is 23.5 Å². The lowest BCUT2D eigenvalue weighted by atomic mass is 10.1. The molecule has 0 aliphatic carbocycles. The van der Waals surface area contributed by atoms with Crippen LogP contribution in [0, 0.1) is 0 Å². The van der Waals surface area contributed by atoms with E-state index in [0.717, 1.165) is 31.7 Å². The average Bonchev–Trinajstić information content (AvgIpc) is 2.95. The molecule has 3 rings (SSSR count). The van der Waals surface area contributed by atoms with Crippen molar-refractivity contribution in [1.29, 1.82) is 0 Å². The first-order chi connectivity index (χ1) is 10.3. The van der Waals surface area contributed by atoms with Crippen LogP contribution in [0.2, 0.25) is 0 Å². The summed E-state index contributed by atoms with van der Waals surface area (Å²) in [4.78, 5) is 14.6. The number of hydrogen-bond acceptors (Lipinski definition) is 3. The van der Waals surface area contributed by atoms with Crippen molar-refractivity contribution < 1.29 is 4.79 Å². The van der Waals surface area contributed by atoms with Gasteiger partial charge < -0.3 is 10.2 Å². The van der Waals surface area contributed by atoms with Gasteiger partial charge in [-0.2, -0.15) is 5.10 Å². The summed E-state index contributed by atoms with van der Waals surface area (Å²) >= 11 is 0. The van der Waals surface area contributed by atoms with Crippen molar-refractivity contribution in [1.82, 2.24) is 20.0 Å². The van der Waals surface area contributed by atoms with E-state index < -0.39 is 0 Å². The van der Waals surface area contributed by atoms with Crippen LogP contribution in [0.4, 0.5) is 0 Å². The third-order valence-electron chi connectivity index (χ3n) is 3.78. The third kappa shape index (κ3) is 2.83. The minimum atomic E-state index is 0.0746. The Labute approximate surface area is 124 Å². The van der Waals surface area contributed by atoms with Crippen LogP contribution in [-0.4, -0.2) is 46.3 Å². The van der Waals surface area contributed by atoms with E-state index in [-0.39, 0.29) is 5.91 Å². The SMILES string of the molecule is CCCN(C(=O)c1cnn(-c2ccccc2)c1)C1CNC1. The van der Waals surface area contributed by atoms with Gasteiger partial charge in [0, 0.05) is 25.8 Å². The van der Waals surface area contributed by atoms with Crippen LogP contribution in [0.25, 0.3) is 5.69 Å². The second-order valence-corrected chi connectivity index (χ2v) is 5.32. The molecule has 0 spiro atoms. The van der Waals surface area contributed by atoms with Gasteiger partial charge in [-0.1, -0.05) is 25.1 Å². The molecule has 1 N–H and O–H groups in total. The molecule has 0 unspecified atom stereocenters. The lowest BCUT2D eigenvalue weighted by Crippen LogP contribution is -2.59. The predicted octanol–water partition coefficient (Wildman–Crippen LogP) is 1.70. The molecule has 5 nitrogen and oxygen atoms in total. The Balaban J connectivity index is 1.79. The molecular weight excluding hydrogens is 264 g/mol. The van der Waals surface area contributed by atoms with Gasteiger partial charge in [-0.05, 0) is 18.6 Å². The van der Waals surface area contributed by atoms with Crippen molar-refractivity contribution in [2.75, 3.05) is 19.6 Å². The van der Waals surface area contributed by atoms with E-state index in [9.17, 15) is 4.79 Å². The second-order valence-electron chi connectivity index (χ2n) is 5.32. The van der Waals surface area contributed by atoms with E-state index in [0.29, 0.717) is 11.6 Å². The van der Waals surface area contributed by atoms with Crippen molar-refractivity contribution in [3.63, 3.8) is 0 Å². The molecule has 0 atom stereocenters. The van der Waals surface area contributed by atoms with Crippen LogP contribution in [0.15, 0.2) is 42.7 Å². The number of nitrogens with one attached hydrogen (secondary N) is 1. The summed E-state index contributed by atoms with van der Waals surface area (Å²) in [5.41, 5.74) is 1.61. The van der Waals surface area contributed by atoms with Crippen molar-refractivity contribution in [3.05, 3.63) is 48.3 Å². The van der Waals surface area contributed by atoms with E-state index in [1.807, 2.05) is 41.4 Å². The molecule has 1 fully saturated rings. The fourth-order valence-electron chi connectivity index (χ4n) is 2.51. The van der Waals surface area contributed by atoms with Crippen LogP contribution in [0.1, 0.15) is 23.7 Å². The molecule has 110 valence electrons. The molecule has 2 heterocycles. The number of rotatable bonds is 5. The van der Waals surface area contributed by atoms with E-state index in [2.05, 4.69) is 17.3 Å². The highest BCUT2D eigenvalue weighted by atomic mass is 16.2. The fourth-order valence-corrected chi connectivity index (χ4v) is 2.51. The summed E-state index contributed by atoms with van der Waals surface area (Å²) in [5.74, 6) is 0.0746. The Morgan fingerprint density at radius 1 is 1.38 bits per heavy atom. The number of hydrogen-bond donors (Lipinski definition) is 1. The zero-order valence-electron chi connectivity index (χ0n) is 12.2. The minimum absolute atomic E-state index is 0.0746. The van der Waals surface area contributed by atoms with Gasteiger partial charge in [-0.25, -0.2) is 4.68 Å². The lowest BCUT2D eigenvalue weighted by Gasteiger charge is -2.38. The fraction of sp³-hybridized carbons (Fsp3) is 0.375. The summed E-state index contributed by atoms with van der Waals surface area (Å²) in [7, 11) is 0. The lowest BCUT2D eigenvalue weighted by molar-refractivity contribution is 0.0616. The van der Waals surface area contributed by atoms with E-state index >= 15 is 0 Å². The Hall–Kier alpha value is -2.14. The largest absolute Gasteiger partial charge is 0.333 e. The van der Waals surface area contributed by atoms with Gasteiger partial charge in [0.15, 0.2) is 0 Å². The summed E-state index contributed by atoms with van der Waals surface area (Å²) in [6.07, 6.45) is 4.44. The Morgan fingerprint density at radius 3 is 2.76 bits per heavy atom. The molecule has 1 saturated heterocycles. The minimum Gasteiger partial charge on any atom is -0.333 e. The van der Waals surface area contributed by atoms with Crippen LogP contribution in [0.3, 0.4) is 0 Å². The number of carbonyl (C=O) groups excluding carboxylic acids is 1. The molecule has 5 heteroatoms. The van der Waals surface area contributed by atoms with Crippen molar-refractivity contribution in [3.8, 4) is 5.69 Å². The van der Waals surface area contributed by atoms with Gasteiger partial charge in [0.25, 0.3) is 5.91 Å². The number of aromatic nitrogens is 2. The number of carbonyl (C=O) groups is 1. The number of nitrogens with zero attached hydrogens (tertiary/aromatic N) is 3. The molecule has 21 heavy (non-hydrogen) atoms. The van der Waals surface area contributed by atoms with Gasteiger partial charge >= 0.3 is 0 Å². The van der Waals surface area contributed by atoms with Gasteiger partial charge in [0.1, 0.15) is 0 Å². The molecule has 1 aliphatic heterocycles. The Morgan fingerprint density at radius 2 is 2.14 bits per heavy atom. The monoisotopic (exact) mass is 284 g/mol. The van der Waals surface area contributed by atoms with Gasteiger partial charge in [-0.15, -0.1) is 0 Å². The molecule has 0 radical (unpaired) electrons. The number of para-hydroxylation sites is 1. The third-order valence-corrected chi connectivity index (χ3v) is 3.78. The maximum Gasteiger partial charge on any atom is 0.257 e. The normalized spacial score (nSPS) is 14.7. The highest BCUT2D eigenvalue weighted by Crippen LogP contribution is 2.14. The molecule has 1 aliphatic rings. The van der Waals surface area contributed by atoms with Crippen LogP contribution >= 0.6 is 0 Å². The molecule has 1 aromatic carbocycles. The Kier molecular flexibility index (Phi) is 4.01. The van der Waals surface area contributed by atoms with Crippen LogP contribution < -0.4 is 5.32 Å². The molecule has 0 saturated carbocycles. The molecular formula is C16H20N4O. The van der Waals surface area contributed by atoms with E-state index in [1.165, 1.54) is 0 Å². The maximum atomic E-state index is 12.7. The van der Waals surface area contributed by atoms with Crippen molar-refractivity contribution >= 4 is 5.91 Å². The first-order valence-electron chi connectivity index (χ1n) is 7.41. The zero-order valence-corrected chi connectivity index (χ0v) is 12.2. The summed E-state index contributed by atoms with van der Waals surface area (Å²) in [6.45, 7) is 4.67. The predicted molar refractivity (Wildman–Crippen MR) is 81.5 cm³/mol. The smallest absolute Gasteiger partial charge is 0.257 e. The topological polar surface area (TPSA) is 50.2 Å². The first-order valence-corrected chi connectivity index (χ1v) is 7.41. The van der Waals surface area contributed by atoms with Gasteiger partial charge in [-0.3, -0.25) is 4.79 Å². The maximum absolute atomic E-state index is 12.7. The quantitative estimate of drug-likeness (QED) is 0.909. The number of amides is 1. The standard InChI is InChI=1S/C16H20N4O/c1-2-8-19(15-10-17-11-15)16(21)13-9-18-20(12-13)14-6-4-3-5-7-14/h3-7,9,12,15,17H,2,8,10-11H2,1H3. The second kappa shape index (κ2) is 6.10. The number of benzene rings is 1. The molecule has 0 bridgehead atoms. The average molecular weight is 284 g/mol. The molecule has 2 aromatic rings. The van der Waals surface area contributed by atoms with Crippen LogP contribution in [-0.2, 0) is 0 Å². The summed E-state index contributed by atoms with van der Waals surface area (Å²) < 4.78 is 1.75. The highest BCUT2D eigenvalue weighted by Gasteiger charge is 2.29. The van der Waals surface area contributed by atoms with Crippen molar-refractivity contribution in [2.24, 2.45) is 0 Å². The Bertz CT molecular complexity index is 604. The zero-order chi connectivity index (χ0) is 14.7. The molecule has 1 amide bonds. The van der Waals surface area contributed by atoms with E-state index in [1.54, 1.807) is 10.9 Å². The van der Waals surface area contributed by atoms with E-state index in [4.69, 9.17) is 0 Å². The van der Waals surface area contributed by atoms with Gasteiger partial charge in [0.2, 0.25) is 0 Å². The molecule has 1 aromatic heterocycles. The highest BCUT2D eigenvalue weighted by molar-refractivity contribution is 5.94. The van der Waals surface area contributed by atoms with Crippen molar-refractivity contribution in [2.45, 2.75) is 19.4 Å². The van der Waals surface area contributed by atoms with Crippen LogP contribution in [0.5, 0.6) is 0 Å².